The molecule has 0 aliphatic carbocycles. The van der Waals surface area contributed by atoms with Gasteiger partial charge in [-0.05, 0) is 43.2 Å². The van der Waals surface area contributed by atoms with E-state index in [0.717, 1.165) is 31.6 Å². The molecule has 8 heteroatoms. The molecule has 1 aromatic carbocycles. The topological polar surface area (TPSA) is 88.2 Å². The van der Waals surface area contributed by atoms with Gasteiger partial charge in [-0.2, -0.15) is 0 Å². The second kappa shape index (κ2) is 7.62. The summed E-state index contributed by atoms with van der Waals surface area (Å²) in [7, 11) is 1.96. The van der Waals surface area contributed by atoms with E-state index >= 15 is 0 Å². The molecule has 1 aliphatic heterocycles. The minimum Gasteiger partial charge on any atom is -0.382 e. The quantitative estimate of drug-likeness (QED) is 0.735. The summed E-state index contributed by atoms with van der Waals surface area (Å²) in [6.45, 7) is 3.04. The lowest BCUT2D eigenvalue weighted by Crippen LogP contribution is -2.45. The zero-order chi connectivity index (χ0) is 20.5. The number of carbonyl (C=O) groups is 1. The number of benzene rings is 1. The van der Waals surface area contributed by atoms with Crippen molar-refractivity contribution in [2.45, 2.75) is 25.8 Å². The third-order valence-corrected chi connectivity index (χ3v) is 5.55. The van der Waals surface area contributed by atoms with Crippen LogP contribution in [0.15, 0.2) is 36.7 Å². The molecule has 1 fully saturated rings. The molecule has 150 valence electrons. The first kappa shape index (κ1) is 19.0. The van der Waals surface area contributed by atoms with E-state index in [1.807, 2.05) is 24.1 Å². The molecular weight excluding hydrogens is 371 g/mol. The molecule has 0 saturated carbocycles. The fourth-order valence-electron chi connectivity index (χ4n) is 3.82. The first-order valence-corrected chi connectivity index (χ1v) is 9.59. The Morgan fingerprint density at radius 1 is 1.21 bits per heavy atom. The summed E-state index contributed by atoms with van der Waals surface area (Å²) < 4.78 is 14.4. The smallest absolute Gasteiger partial charge is 0.219 e. The van der Waals surface area contributed by atoms with Crippen LogP contribution in [0.3, 0.4) is 0 Å². The number of rotatable bonds is 3. The highest BCUT2D eigenvalue weighted by atomic mass is 19.1. The van der Waals surface area contributed by atoms with Gasteiger partial charge in [0.05, 0.1) is 11.2 Å². The Kier molecular flexibility index (Phi) is 5.00. The van der Waals surface area contributed by atoms with Crippen LogP contribution in [0.4, 0.5) is 15.9 Å². The second-order valence-electron chi connectivity index (χ2n) is 7.37. The van der Waals surface area contributed by atoms with Crippen molar-refractivity contribution in [2.24, 2.45) is 0 Å². The van der Waals surface area contributed by atoms with Crippen molar-refractivity contribution in [1.82, 2.24) is 19.9 Å². The second-order valence-corrected chi connectivity index (χ2v) is 7.37. The zero-order valence-electron chi connectivity index (χ0n) is 16.5. The fraction of sp³-hybridized carbons (Fsp3) is 0.333. The molecule has 3 aromatic rings. The van der Waals surface area contributed by atoms with Crippen molar-refractivity contribution in [3.63, 3.8) is 0 Å². The van der Waals surface area contributed by atoms with Crippen LogP contribution in [0.2, 0.25) is 0 Å². The molecule has 1 saturated heterocycles. The molecule has 0 spiro atoms. The molecule has 0 radical (unpaired) electrons. The van der Waals surface area contributed by atoms with Gasteiger partial charge in [0.25, 0.3) is 0 Å². The molecule has 0 bridgehead atoms. The highest BCUT2D eigenvalue weighted by molar-refractivity contribution is 5.86. The van der Waals surface area contributed by atoms with Gasteiger partial charge < -0.3 is 15.5 Å². The van der Waals surface area contributed by atoms with Crippen molar-refractivity contribution in [2.75, 3.05) is 30.8 Å². The Hall–Kier alpha value is -3.29. The lowest BCUT2D eigenvalue weighted by atomic mass is 10.0. The average Bonchev–Trinajstić information content (AvgIpc) is 2.73. The maximum Gasteiger partial charge on any atom is 0.219 e. The molecule has 29 heavy (non-hydrogen) atoms. The van der Waals surface area contributed by atoms with Gasteiger partial charge in [-0.3, -0.25) is 4.79 Å². The van der Waals surface area contributed by atoms with Crippen molar-refractivity contribution in [1.29, 1.82) is 0 Å². The van der Waals surface area contributed by atoms with Crippen LogP contribution in [0.1, 0.15) is 19.8 Å². The van der Waals surface area contributed by atoms with Crippen molar-refractivity contribution in [3.05, 3.63) is 42.5 Å². The van der Waals surface area contributed by atoms with Crippen LogP contribution in [0.25, 0.3) is 22.3 Å². The van der Waals surface area contributed by atoms with Crippen LogP contribution >= 0.6 is 0 Å². The minimum atomic E-state index is -0.329. The summed E-state index contributed by atoms with van der Waals surface area (Å²) in [6.07, 6.45) is 3.10. The number of nitrogens with zero attached hydrogens (tertiary/aromatic N) is 5. The summed E-state index contributed by atoms with van der Waals surface area (Å²) in [5.74, 6) is 0.0669. The number of aromatic nitrogens is 3. The van der Waals surface area contributed by atoms with Gasteiger partial charge in [-0.25, -0.2) is 19.3 Å². The Balaban J connectivity index is 1.63. The van der Waals surface area contributed by atoms with Gasteiger partial charge in [0.2, 0.25) is 5.91 Å². The SMILES string of the molecule is CC(=O)N1CCC(N(C)c2cc(F)cc(-c3ccc4ncnc(N)c4n3)c2)CC1. The van der Waals surface area contributed by atoms with Gasteiger partial charge in [0, 0.05) is 44.4 Å². The maximum atomic E-state index is 14.4. The van der Waals surface area contributed by atoms with Gasteiger partial charge in [-0.15, -0.1) is 0 Å². The number of hydrogen-bond donors (Lipinski definition) is 1. The van der Waals surface area contributed by atoms with Gasteiger partial charge in [0.15, 0.2) is 5.82 Å². The third kappa shape index (κ3) is 3.83. The number of carbonyl (C=O) groups excluding carboxylic acids is 1. The van der Waals surface area contributed by atoms with E-state index < -0.39 is 0 Å². The number of amides is 1. The molecule has 2 N–H and O–H groups in total. The molecular formula is C21H23FN6O. The van der Waals surface area contributed by atoms with E-state index in [-0.39, 0.29) is 17.8 Å². The van der Waals surface area contributed by atoms with E-state index in [2.05, 4.69) is 19.9 Å². The maximum absolute atomic E-state index is 14.4. The first-order valence-electron chi connectivity index (χ1n) is 9.59. The van der Waals surface area contributed by atoms with Gasteiger partial charge in [0.1, 0.15) is 17.7 Å². The summed E-state index contributed by atoms with van der Waals surface area (Å²) in [6, 6.07) is 8.77. The van der Waals surface area contributed by atoms with Crippen molar-refractivity contribution < 1.29 is 9.18 Å². The molecule has 1 aliphatic rings. The first-order chi connectivity index (χ1) is 13.9. The van der Waals surface area contributed by atoms with Gasteiger partial charge in [-0.1, -0.05) is 0 Å². The van der Waals surface area contributed by atoms with Crippen LogP contribution in [-0.2, 0) is 4.79 Å². The predicted molar refractivity (Wildman–Crippen MR) is 111 cm³/mol. The fourth-order valence-corrected chi connectivity index (χ4v) is 3.82. The van der Waals surface area contributed by atoms with Crippen LogP contribution in [-0.4, -0.2) is 51.9 Å². The Morgan fingerprint density at radius 2 is 1.97 bits per heavy atom. The number of pyridine rings is 1. The lowest BCUT2D eigenvalue weighted by Gasteiger charge is -2.37. The summed E-state index contributed by atoms with van der Waals surface area (Å²) in [5.41, 5.74) is 9.12. The average molecular weight is 394 g/mol. The molecule has 0 unspecified atom stereocenters. The molecule has 3 heterocycles. The number of likely N-dealkylation sites (tertiary alicyclic amines) is 1. The molecule has 0 atom stereocenters. The Labute approximate surface area is 168 Å². The minimum absolute atomic E-state index is 0.102. The predicted octanol–water partition coefficient (Wildman–Crippen LogP) is 2.86. The van der Waals surface area contributed by atoms with Crippen LogP contribution in [0.5, 0.6) is 0 Å². The van der Waals surface area contributed by atoms with Gasteiger partial charge >= 0.3 is 0 Å². The van der Waals surface area contributed by atoms with E-state index in [9.17, 15) is 9.18 Å². The number of hydrogen-bond acceptors (Lipinski definition) is 6. The number of nitrogens with two attached hydrogens (primary N) is 1. The van der Waals surface area contributed by atoms with E-state index in [1.165, 1.54) is 18.5 Å². The van der Waals surface area contributed by atoms with Crippen LogP contribution < -0.4 is 10.6 Å². The number of piperidine rings is 1. The van der Waals surface area contributed by atoms with Crippen molar-refractivity contribution >= 4 is 28.4 Å². The Morgan fingerprint density at radius 3 is 2.69 bits per heavy atom. The molecule has 2 aromatic heterocycles. The van der Waals surface area contributed by atoms with E-state index in [0.29, 0.717) is 28.1 Å². The monoisotopic (exact) mass is 394 g/mol. The third-order valence-electron chi connectivity index (χ3n) is 5.55. The standard InChI is InChI=1S/C21H23FN6O/c1-13(29)28-7-5-16(6-8-28)27(2)17-10-14(9-15(22)11-17)18-3-4-19-20(26-18)21(23)25-12-24-19/h3-4,9-12,16H,5-8H2,1-2H3,(H2,23,24,25). The highest BCUT2D eigenvalue weighted by Gasteiger charge is 2.24. The van der Waals surface area contributed by atoms with Crippen molar-refractivity contribution in [3.8, 4) is 11.3 Å². The number of nitrogen functional groups attached to an aromatic ring is 1. The summed E-state index contributed by atoms with van der Waals surface area (Å²) in [4.78, 5) is 28.2. The number of anilines is 2. The summed E-state index contributed by atoms with van der Waals surface area (Å²) >= 11 is 0. The highest BCUT2D eigenvalue weighted by Crippen LogP contribution is 2.29. The molecule has 7 nitrogen and oxygen atoms in total. The van der Waals surface area contributed by atoms with E-state index in [1.54, 1.807) is 13.0 Å². The summed E-state index contributed by atoms with van der Waals surface area (Å²) in [5, 5.41) is 0. The van der Waals surface area contributed by atoms with E-state index in [4.69, 9.17) is 5.73 Å². The number of fused-ring (bicyclic) bond motifs is 1. The Bertz CT molecular complexity index is 1060. The molecule has 1 amide bonds. The number of halogens is 1. The van der Waals surface area contributed by atoms with Crippen LogP contribution in [0, 0.1) is 5.82 Å². The lowest BCUT2D eigenvalue weighted by molar-refractivity contribution is -0.129. The normalized spacial score (nSPS) is 14.9. The zero-order valence-corrected chi connectivity index (χ0v) is 16.5. The molecule has 4 rings (SSSR count). The largest absolute Gasteiger partial charge is 0.382 e.